The molecule has 0 fully saturated rings. The van der Waals surface area contributed by atoms with Crippen LogP contribution in [0.4, 0.5) is 5.69 Å². The third kappa shape index (κ3) is 2.98. The number of tetrazole rings is 1. The monoisotopic (exact) mass is 333 g/mol. The van der Waals surface area contributed by atoms with Crippen LogP contribution in [-0.2, 0) is 0 Å². The van der Waals surface area contributed by atoms with E-state index >= 15 is 0 Å². The van der Waals surface area contributed by atoms with E-state index in [2.05, 4.69) is 31.0 Å². The molecule has 2 heterocycles. The molecule has 9 nitrogen and oxygen atoms in total. The maximum Gasteiger partial charge on any atom is 0.257 e. The average molecular weight is 333 g/mol. The zero-order chi connectivity index (χ0) is 17.1. The van der Waals surface area contributed by atoms with Gasteiger partial charge in [-0.25, -0.2) is 0 Å². The fourth-order valence-electron chi connectivity index (χ4n) is 2.36. The third-order valence-electron chi connectivity index (χ3n) is 3.47. The van der Waals surface area contributed by atoms with Crippen molar-refractivity contribution in [1.82, 2.24) is 30.4 Å². The molecule has 122 valence electrons. The molecule has 1 N–H and O–H groups in total. The number of para-hydroxylation sites is 1. The van der Waals surface area contributed by atoms with Gasteiger partial charge in [0.25, 0.3) is 5.91 Å². The molecule has 25 heavy (non-hydrogen) atoms. The van der Waals surface area contributed by atoms with Gasteiger partial charge < -0.3 is 9.73 Å². The maximum atomic E-state index is 12.7. The topological polar surface area (TPSA) is 112 Å². The molecule has 4 aromatic rings. The lowest BCUT2D eigenvalue weighted by molar-refractivity contribution is 0.102. The summed E-state index contributed by atoms with van der Waals surface area (Å²) in [4.78, 5) is 12.7. The number of rotatable bonds is 4. The highest BCUT2D eigenvalue weighted by Gasteiger charge is 2.14. The second-order valence-electron chi connectivity index (χ2n) is 5.05. The number of aromatic nitrogens is 6. The molecule has 2 aromatic heterocycles. The number of carbonyl (C=O) groups is 1. The molecule has 2 aromatic carbocycles. The van der Waals surface area contributed by atoms with Gasteiger partial charge in [0.05, 0.1) is 11.3 Å². The summed E-state index contributed by atoms with van der Waals surface area (Å²) < 4.78 is 6.61. The van der Waals surface area contributed by atoms with Gasteiger partial charge >= 0.3 is 0 Å². The van der Waals surface area contributed by atoms with E-state index in [-0.39, 0.29) is 5.91 Å². The fourth-order valence-corrected chi connectivity index (χ4v) is 2.36. The second-order valence-corrected chi connectivity index (χ2v) is 5.05. The Morgan fingerprint density at radius 1 is 1.08 bits per heavy atom. The Morgan fingerprint density at radius 2 is 2.00 bits per heavy atom. The minimum absolute atomic E-state index is 0.284. The van der Waals surface area contributed by atoms with Crippen LogP contribution in [-0.4, -0.2) is 36.3 Å². The molecule has 0 bridgehead atoms. The lowest BCUT2D eigenvalue weighted by atomic mass is 10.1. The van der Waals surface area contributed by atoms with Crippen molar-refractivity contribution in [3.8, 4) is 17.1 Å². The van der Waals surface area contributed by atoms with Gasteiger partial charge in [-0.1, -0.05) is 18.2 Å². The van der Waals surface area contributed by atoms with Gasteiger partial charge in [-0.15, -0.1) is 15.3 Å². The first-order valence-electron chi connectivity index (χ1n) is 7.31. The molecule has 0 aliphatic heterocycles. The van der Waals surface area contributed by atoms with Gasteiger partial charge in [-0.2, -0.15) is 4.68 Å². The number of benzene rings is 2. The zero-order valence-electron chi connectivity index (χ0n) is 12.8. The Kier molecular flexibility index (Phi) is 3.71. The highest BCUT2D eigenvalue weighted by Crippen LogP contribution is 2.21. The van der Waals surface area contributed by atoms with Crippen LogP contribution in [0.1, 0.15) is 10.4 Å². The minimum Gasteiger partial charge on any atom is -0.423 e. The highest BCUT2D eigenvalue weighted by molar-refractivity contribution is 6.06. The van der Waals surface area contributed by atoms with Crippen LogP contribution in [0.3, 0.4) is 0 Å². The zero-order valence-corrected chi connectivity index (χ0v) is 12.8. The van der Waals surface area contributed by atoms with Gasteiger partial charge in [0.15, 0.2) is 0 Å². The number of anilines is 1. The smallest absolute Gasteiger partial charge is 0.257 e. The van der Waals surface area contributed by atoms with Gasteiger partial charge in [0, 0.05) is 11.3 Å². The van der Waals surface area contributed by atoms with E-state index in [4.69, 9.17) is 4.42 Å². The molecule has 0 spiro atoms. The van der Waals surface area contributed by atoms with Crippen molar-refractivity contribution >= 4 is 11.6 Å². The summed E-state index contributed by atoms with van der Waals surface area (Å²) in [5.41, 5.74) is 2.34. The third-order valence-corrected chi connectivity index (χ3v) is 3.47. The normalized spacial score (nSPS) is 10.6. The fraction of sp³-hybridized carbons (Fsp3) is 0. The summed E-state index contributed by atoms with van der Waals surface area (Å²) in [6.07, 6.45) is 2.69. The lowest BCUT2D eigenvalue weighted by Crippen LogP contribution is -2.15. The van der Waals surface area contributed by atoms with E-state index in [9.17, 15) is 4.79 Å². The van der Waals surface area contributed by atoms with Crippen LogP contribution < -0.4 is 5.32 Å². The quantitative estimate of drug-likeness (QED) is 0.607. The maximum absolute atomic E-state index is 12.7. The lowest BCUT2D eigenvalue weighted by Gasteiger charge is -2.09. The molecule has 0 saturated heterocycles. The molecule has 4 rings (SSSR count). The van der Waals surface area contributed by atoms with Crippen LogP contribution in [0.2, 0.25) is 0 Å². The second kappa shape index (κ2) is 6.32. The summed E-state index contributed by atoms with van der Waals surface area (Å²) in [5.74, 6) is 0.0963. The number of nitrogens with zero attached hydrogens (tertiary/aromatic N) is 6. The summed E-state index contributed by atoms with van der Waals surface area (Å²) >= 11 is 0. The summed E-state index contributed by atoms with van der Waals surface area (Å²) in [6.45, 7) is 0. The summed E-state index contributed by atoms with van der Waals surface area (Å²) in [7, 11) is 0. The number of nitrogens with one attached hydrogen (secondary N) is 1. The van der Waals surface area contributed by atoms with Crippen molar-refractivity contribution in [2.24, 2.45) is 0 Å². The average Bonchev–Trinajstić information content (AvgIpc) is 3.36. The van der Waals surface area contributed by atoms with Gasteiger partial charge in [-0.05, 0) is 40.8 Å². The molecular weight excluding hydrogens is 322 g/mol. The van der Waals surface area contributed by atoms with Crippen molar-refractivity contribution in [3.63, 3.8) is 0 Å². The van der Waals surface area contributed by atoms with E-state index in [0.29, 0.717) is 28.4 Å². The minimum atomic E-state index is -0.284. The first-order valence-corrected chi connectivity index (χ1v) is 7.31. The Labute approximate surface area is 141 Å². The Hall–Kier alpha value is -3.88. The standard InChI is InChI=1S/C16H11N7O2/c24-15(13-6-1-2-7-14(13)23-9-17-21-22-23)19-12-5-3-4-11(8-12)16-20-18-10-25-16/h1-10H,(H,19,24). The van der Waals surface area contributed by atoms with Crippen molar-refractivity contribution in [3.05, 3.63) is 66.8 Å². The Balaban J connectivity index is 1.63. The van der Waals surface area contributed by atoms with Crippen molar-refractivity contribution < 1.29 is 9.21 Å². The first-order chi connectivity index (χ1) is 12.3. The number of carbonyl (C=O) groups excluding carboxylic acids is 1. The van der Waals surface area contributed by atoms with E-state index in [1.165, 1.54) is 17.4 Å². The number of hydrogen-bond acceptors (Lipinski definition) is 7. The van der Waals surface area contributed by atoms with E-state index in [1.54, 1.807) is 36.4 Å². The highest BCUT2D eigenvalue weighted by atomic mass is 16.4. The molecule has 0 radical (unpaired) electrons. The van der Waals surface area contributed by atoms with E-state index < -0.39 is 0 Å². The molecule has 0 unspecified atom stereocenters. The van der Waals surface area contributed by atoms with Gasteiger partial charge in [-0.3, -0.25) is 4.79 Å². The Bertz CT molecular complexity index is 997. The van der Waals surface area contributed by atoms with Crippen molar-refractivity contribution in [2.75, 3.05) is 5.32 Å². The molecule has 9 heteroatoms. The molecule has 0 aliphatic carbocycles. The molecule has 1 amide bonds. The first kappa shape index (κ1) is 14.7. The molecule has 0 atom stereocenters. The predicted molar refractivity (Wildman–Crippen MR) is 86.8 cm³/mol. The molecule has 0 aliphatic rings. The summed E-state index contributed by atoms with van der Waals surface area (Å²) in [5, 5.41) is 21.4. The van der Waals surface area contributed by atoms with Crippen molar-refractivity contribution in [1.29, 1.82) is 0 Å². The van der Waals surface area contributed by atoms with Crippen LogP contribution in [0.25, 0.3) is 17.1 Å². The van der Waals surface area contributed by atoms with Crippen LogP contribution in [0.15, 0.2) is 65.7 Å². The van der Waals surface area contributed by atoms with E-state index in [0.717, 1.165) is 0 Å². The van der Waals surface area contributed by atoms with Gasteiger partial charge in [0.2, 0.25) is 12.3 Å². The number of hydrogen-bond donors (Lipinski definition) is 1. The van der Waals surface area contributed by atoms with Gasteiger partial charge in [0.1, 0.15) is 6.33 Å². The largest absolute Gasteiger partial charge is 0.423 e. The number of amides is 1. The van der Waals surface area contributed by atoms with E-state index in [1.807, 2.05) is 12.1 Å². The Morgan fingerprint density at radius 3 is 2.80 bits per heavy atom. The van der Waals surface area contributed by atoms with Crippen molar-refractivity contribution in [2.45, 2.75) is 0 Å². The molecular formula is C16H11N7O2. The SMILES string of the molecule is O=C(Nc1cccc(-c2nnco2)c1)c1ccccc1-n1cnnn1. The van der Waals surface area contributed by atoms with Crippen LogP contribution >= 0.6 is 0 Å². The van der Waals surface area contributed by atoms with Crippen LogP contribution in [0.5, 0.6) is 0 Å². The summed E-state index contributed by atoms with van der Waals surface area (Å²) in [6, 6.07) is 14.2. The molecule has 0 saturated carbocycles. The predicted octanol–water partition coefficient (Wildman–Crippen LogP) is 1.96. The van der Waals surface area contributed by atoms with Crippen LogP contribution in [0, 0.1) is 0 Å².